The standard InChI is InChI=1S/C14H20N2O2/c1-4-9-15-14(17)16-10-13(18-3)12-8-6-5-7-11(12)2/h4-8,13H,1,9-10H2,2-3H3,(H2,15,16,17). The Morgan fingerprint density at radius 1 is 1.44 bits per heavy atom. The van der Waals surface area contributed by atoms with Gasteiger partial charge in [-0.3, -0.25) is 0 Å². The SMILES string of the molecule is C=CCNC(=O)NCC(OC)c1ccccc1C. The van der Waals surface area contributed by atoms with Crippen molar-refractivity contribution >= 4 is 6.03 Å². The van der Waals surface area contributed by atoms with Crippen molar-refractivity contribution < 1.29 is 9.53 Å². The van der Waals surface area contributed by atoms with E-state index in [0.29, 0.717) is 13.1 Å². The zero-order valence-electron chi connectivity index (χ0n) is 10.9. The Morgan fingerprint density at radius 3 is 2.78 bits per heavy atom. The van der Waals surface area contributed by atoms with E-state index in [1.165, 1.54) is 0 Å². The van der Waals surface area contributed by atoms with Gasteiger partial charge >= 0.3 is 6.03 Å². The minimum Gasteiger partial charge on any atom is -0.375 e. The van der Waals surface area contributed by atoms with Crippen LogP contribution in [0.1, 0.15) is 17.2 Å². The summed E-state index contributed by atoms with van der Waals surface area (Å²) in [5, 5.41) is 5.43. The number of hydrogen-bond acceptors (Lipinski definition) is 2. The number of carbonyl (C=O) groups is 1. The van der Waals surface area contributed by atoms with Crippen LogP contribution in [0.25, 0.3) is 0 Å². The average molecular weight is 248 g/mol. The zero-order chi connectivity index (χ0) is 13.4. The molecule has 0 spiro atoms. The number of rotatable bonds is 6. The number of nitrogens with one attached hydrogen (secondary N) is 2. The number of carbonyl (C=O) groups excluding carboxylic acids is 1. The van der Waals surface area contributed by atoms with E-state index in [1.54, 1.807) is 13.2 Å². The molecule has 4 nitrogen and oxygen atoms in total. The van der Waals surface area contributed by atoms with E-state index in [1.807, 2.05) is 31.2 Å². The number of hydrogen-bond donors (Lipinski definition) is 2. The van der Waals surface area contributed by atoms with E-state index in [9.17, 15) is 4.79 Å². The van der Waals surface area contributed by atoms with Gasteiger partial charge in [0.1, 0.15) is 0 Å². The molecule has 0 aliphatic rings. The first-order chi connectivity index (χ1) is 8.69. The second-order valence-electron chi connectivity index (χ2n) is 3.96. The van der Waals surface area contributed by atoms with Gasteiger partial charge in [-0.25, -0.2) is 4.79 Å². The van der Waals surface area contributed by atoms with Crippen LogP contribution in [-0.4, -0.2) is 26.2 Å². The van der Waals surface area contributed by atoms with Crippen LogP contribution in [0, 0.1) is 6.92 Å². The lowest BCUT2D eigenvalue weighted by Gasteiger charge is -2.18. The lowest BCUT2D eigenvalue weighted by Crippen LogP contribution is -2.38. The number of benzene rings is 1. The van der Waals surface area contributed by atoms with Gasteiger partial charge in [0.25, 0.3) is 0 Å². The maximum Gasteiger partial charge on any atom is 0.315 e. The van der Waals surface area contributed by atoms with E-state index in [2.05, 4.69) is 17.2 Å². The molecule has 18 heavy (non-hydrogen) atoms. The lowest BCUT2D eigenvalue weighted by atomic mass is 10.0. The van der Waals surface area contributed by atoms with Crippen LogP contribution in [0.2, 0.25) is 0 Å². The number of amides is 2. The Balaban J connectivity index is 2.55. The molecule has 1 unspecified atom stereocenters. The summed E-state index contributed by atoms with van der Waals surface area (Å²) in [4.78, 5) is 11.4. The maximum absolute atomic E-state index is 11.4. The Bertz CT molecular complexity index is 405. The lowest BCUT2D eigenvalue weighted by molar-refractivity contribution is 0.103. The van der Waals surface area contributed by atoms with Gasteiger partial charge in [0.15, 0.2) is 0 Å². The molecule has 1 atom stereocenters. The first kappa shape index (κ1) is 14.3. The fourth-order valence-corrected chi connectivity index (χ4v) is 1.68. The van der Waals surface area contributed by atoms with E-state index in [4.69, 9.17) is 4.74 Å². The molecule has 0 radical (unpaired) electrons. The van der Waals surface area contributed by atoms with Gasteiger partial charge in [-0.1, -0.05) is 30.3 Å². The largest absolute Gasteiger partial charge is 0.375 e. The predicted molar refractivity (Wildman–Crippen MR) is 72.5 cm³/mol. The fourth-order valence-electron chi connectivity index (χ4n) is 1.68. The summed E-state index contributed by atoms with van der Waals surface area (Å²) >= 11 is 0. The molecular formula is C14H20N2O2. The summed E-state index contributed by atoms with van der Waals surface area (Å²) in [5.41, 5.74) is 2.24. The summed E-state index contributed by atoms with van der Waals surface area (Å²) in [6, 6.07) is 7.76. The van der Waals surface area contributed by atoms with Gasteiger partial charge in [0, 0.05) is 20.2 Å². The molecule has 2 amide bonds. The monoisotopic (exact) mass is 248 g/mol. The fraction of sp³-hybridized carbons (Fsp3) is 0.357. The number of urea groups is 1. The molecule has 0 saturated heterocycles. The first-order valence-corrected chi connectivity index (χ1v) is 5.90. The van der Waals surface area contributed by atoms with Crippen LogP contribution in [0.5, 0.6) is 0 Å². The van der Waals surface area contributed by atoms with Gasteiger partial charge in [-0.2, -0.15) is 0 Å². The number of ether oxygens (including phenoxy) is 1. The van der Waals surface area contributed by atoms with Crippen LogP contribution in [-0.2, 0) is 4.74 Å². The number of methoxy groups -OCH3 is 1. The number of aryl methyl sites for hydroxylation is 1. The van der Waals surface area contributed by atoms with E-state index in [-0.39, 0.29) is 12.1 Å². The second kappa shape index (κ2) is 7.50. The summed E-state index contributed by atoms with van der Waals surface area (Å²) in [5.74, 6) is 0. The van der Waals surface area contributed by atoms with Crippen molar-refractivity contribution in [1.82, 2.24) is 10.6 Å². The van der Waals surface area contributed by atoms with Gasteiger partial charge in [-0.05, 0) is 18.1 Å². The molecule has 2 N–H and O–H groups in total. The van der Waals surface area contributed by atoms with Crippen molar-refractivity contribution in [2.24, 2.45) is 0 Å². The predicted octanol–water partition coefficient (Wildman–Crippen LogP) is 2.17. The molecule has 0 saturated carbocycles. The van der Waals surface area contributed by atoms with Gasteiger partial charge < -0.3 is 15.4 Å². The molecule has 0 aliphatic carbocycles. The molecule has 0 fully saturated rings. The molecule has 0 bridgehead atoms. The molecule has 0 heterocycles. The van der Waals surface area contributed by atoms with Gasteiger partial charge in [0.2, 0.25) is 0 Å². The first-order valence-electron chi connectivity index (χ1n) is 5.90. The molecule has 98 valence electrons. The van der Waals surface area contributed by atoms with E-state index in [0.717, 1.165) is 11.1 Å². The van der Waals surface area contributed by atoms with Gasteiger partial charge in [0.05, 0.1) is 6.10 Å². The van der Waals surface area contributed by atoms with Crippen molar-refractivity contribution in [2.75, 3.05) is 20.2 Å². The third-order valence-corrected chi connectivity index (χ3v) is 2.67. The maximum atomic E-state index is 11.4. The van der Waals surface area contributed by atoms with Crippen LogP contribution in [0.15, 0.2) is 36.9 Å². The van der Waals surface area contributed by atoms with Crippen molar-refractivity contribution in [1.29, 1.82) is 0 Å². The summed E-state index contributed by atoms with van der Waals surface area (Å²) in [6.07, 6.45) is 1.50. The van der Waals surface area contributed by atoms with Crippen molar-refractivity contribution in [2.45, 2.75) is 13.0 Å². The molecule has 0 aliphatic heterocycles. The van der Waals surface area contributed by atoms with Crippen molar-refractivity contribution in [3.63, 3.8) is 0 Å². The zero-order valence-corrected chi connectivity index (χ0v) is 10.9. The Hall–Kier alpha value is -1.81. The third-order valence-electron chi connectivity index (χ3n) is 2.67. The summed E-state index contributed by atoms with van der Waals surface area (Å²) in [6.45, 7) is 6.45. The summed E-state index contributed by atoms with van der Waals surface area (Å²) in [7, 11) is 1.64. The van der Waals surface area contributed by atoms with Crippen molar-refractivity contribution in [3.05, 3.63) is 48.0 Å². The third kappa shape index (κ3) is 4.22. The minimum absolute atomic E-state index is 0.138. The van der Waals surface area contributed by atoms with Crippen molar-refractivity contribution in [3.8, 4) is 0 Å². The molecule has 0 aromatic heterocycles. The molecule has 1 rings (SSSR count). The van der Waals surface area contributed by atoms with Crippen LogP contribution in [0.4, 0.5) is 4.79 Å². The highest BCUT2D eigenvalue weighted by atomic mass is 16.5. The highest BCUT2D eigenvalue weighted by molar-refractivity contribution is 5.74. The highest BCUT2D eigenvalue weighted by Gasteiger charge is 2.13. The van der Waals surface area contributed by atoms with Gasteiger partial charge in [-0.15, -0.1) is 6.58 Å². The Labute approximate surface area is 108 Å². The molecule has 1 aromatic rings. The second-order valence-corrected chi connectivity index (χ2v) is 3.96. The van der Waals surface area contributed by atoms with E-state index < -0.39 is 0 Å². The minimum atomic E-state index is -0.217. The van der Waals surface area contributed by atoms with Crippen LogP contribution < -0.4 is 10.6 Å². The average Bonchev–Trinajstić information content (AvgIpc) is 2.39. The Kier molecular flexibility index (Phi) is 5.94. The van der Waals surface area contributed by atoms with Crippen LogP contribution in [0.3, 0.4) is 0 Å². The molecule has 4 heteroatoms. The quantitative estimate of drug-likeness (QED) is 0.758. The molecule has 1 aromatic carbocycles. The Morgan fingerprint density at radius 2 is 2.17 bits per heavy atom. The van der Waals surface area contributed by atoms with Crippen LogP contribution >= 0.6 is 0 Å². The van der Waals surface area contributed by atoms with E-state index >= 15 is 0 Å². The molecular weight excluding hydrogens is 228 g/mol. The summed E-state index contributed by atoms with van der Waals surface area (Å²) < 4.78 is 5.41. The topological polar surface area (TPSA) is 50.4 Å². The normalized spacial score (nSPS) is 11.7. The highest BCUT2D eigenvalue weighted by Crippen LogP contribution is 2.19. The smallest absolute Gasteiger partial charge is 0.315 e.